The first-order chi connectivity index (χ1) is 9.90. The Hall–Kier alpha value is -1.75. The van der Waals surface area contributed by atoms with E-state index in [0.29, 0.717) is 6.54 Å². The van der Waals surface area contributed by atoms with Gasteiger partial charge in [-0.15, -0.1) is 0 Å². The number of nitrogens with zero attached hydrogens (tertiary/aromatic N) is 1. The quantitative estimate of drug-likeness (QED) is 0.805. The van der Waals surface area contributed by atoms with Crippen molar-refractivity contribution < 1.29 is 13.6 Å². The Bertz CT molecular complexity index is 688. The smallest absolute Gasteiger partial charge is 0.256 e. The summed E-state index contributed by atoms with van der Waals surface area (Å²) in [7, 11) is 1.58. The highest BCUT2D eigenvalue weighted by Crippen LogP contribution is 2.20. The van der Waals surface area contributed by atoms with E-state index in [0.717, 1.165) is 16.1 Å². The fourth-order valence-electron chi connectivity index (χ4n) is 1.98. The van der Waals surface area contributed by atoms with Crippen LogP contribution < -0.4 is 0 Å². The maximum atomic E-state index is 13.8. The van der Waals surface area contributed by atoms with Gasteiger partial charge in [-0.3, -0.25) is 4.79 Å². The lowest BCUT2D eigenvalue weighted by Crippen LogP contribution is -2.27. The van der Waals surface area contributed by atoms with E-state index in [1.165, 1.54) is 17.9 Å². The Morgan fingerprint density at radius 1 is 1.19 bits per heavy atom. The van der Waals surface area contributed by atoms with Crippen molar-refractivity contribution in [2.75, 3.05) is 7.05 Å². The molecule has 0 saturated carbocycles. The van der Waals surface area contributed by atoms with Gasteiger partial charge in [0.25, 0.3) is 5.91 Å². The number of carbonyl (C=O) groups excluding carboxylic acids is 1. The summed E-state index contributed by atoms with van der Waals surface area (Å²) in [5, 5.41) is 0. The number of rotatable bonds is 3. The molecule has 1 amide bonds. The Morgan fingerprint density at radius 3 is 2.52 bits per heavy atom. The highest BCUT2D eigenvalue weighted by Gasteiger charge is 2.18. The number of hydrogen-bond acceptors (Lipinski definition) is 1. The van der Waals surface area contributed by atoms with E-state index in [1.807, 2.05) is 24.3 Å². The van der Waals surface area contributed by atoms with Gasteiger partial charge < -0.3 is 4.90 Å². The molecule has 2 nitrogen and oxygen atoms in total. The number of hydrogen-bond donors (Lipinski definition) is 0. The highest BCUT2D eigenvalue weighted by atomic mass is 79.9. The average molecular weight is 354 g/mol. The monoisotopic (exact) mass is 353 g/mol. The van der Waals surface area contributed by atoms with Gasteiger partial charge in [0.1, 0.15) is 11.6 Å². The zero-order valence-corrected chi connectivity index (χ0v) is 13.2. The molecule has 0 heterocycles. The average Bonchev–Trinajstić information content (AvgIpc) is 2.44. The van der Waals surface area contributed by atoms with Crippen molar-refractivity contribution in [1.29, 1.82) is 0 Å². The number of amides is 1. The minimum Gasteiger partial charge on any atom is -0.337 e. The maximum absolute atomic E-state index is 13.8. The third kappa shape index (κ3) is 3.47. The SMILES string of the molecule is Cc1cc(C(=O)N(C)Cc2ccccc2Br)c(F)cc1F. The molecule has 0 saturated heterocycles. The fourth-order valence-corrected chi connectivity index (χ4v) is 2.39. The van der Waals surface area contributed by atoms with Gasteiger partial charge in [0.05, 0.1) is 5.56 Å². The minimum absolute atomic E-state index is 0.122. The second kappa shape index (κ2) is 6.35. The minimum atomic E-state index is -0.845. The summed E-state index contributed by atoms with van der Waals surface area (Å²) in [5.41, 5.74) is 1.03. The molecule has 0 bridgehead atoms. The first-order valence-electron chi connectivity index (χ1n) is 6.34. The second-order valence-corrected chi connectivity index (χ2v) is 5.69. The molecular weight excluding hydrogens is 340 g/mol. The summed E-state index contributed by atoms with van der Waals surface area (Å²) >= 11 is 3.40. The lowest BCUT2D eigenvalue weighted by molar-refractivity contribution is 0.0780. The summed E-state index contributed by atoms with van der Waals surface area (Å²) in [6.45, 7) is 1.83. The Labute approximate surface area is 130 Å². The topological polar surface area (TPSA) is 20.3 Å². The van der Waals surface area contributed by atoms with E-state index in [4.69, 9.17) is 0 Å². The van der Waals surface area contributed by atoms with Crippen molar-refractivity contribution in [2.24, 2.45) is 0 Å². The number of aryl methyl sites for hydroxylation is 1. The first kappa shape index (κ1) is 15.6. The van der Waals surface area contributed by atoms with Crippen LogP contribution in [0.2, 0.25) is 0 Å². The standard InChI is InChI=1S/C16H14BrF2NO/c1-10-7-12(15(19)8-14(10)18)16(21)20(2)9-11-5-3-4-6-13(11)17/h3-8H,9H2,1-2H3. The molecule has 0 atom stereocenters. The van der Waals surface area contributed by atoms with E-state index in [-0.39, 0.29) is 11.1 Å². The molecule has 2 aromatic carbocycles. The van der Waals surface area contributed by atoms with Crippen LogP contribution in [0.4, 0.5) is 8.78 Å². The molecular formula is C16H14BrF2NO. The Morgan fingerprint density at radius 2 is 1.86 bits per heavy atom. The van der Waals surface area contributed by atoms with Gasteiger partial charge in [-0.1, -0.05) is 34.1 Å². The molecule has 0 N–H and O–H groups in total. The van der Waals surface area contributed by atoms with Crippen LogP contribution in [-0.2, 0) is 6.54 Å². The third-order valence-electron chi connectivity index (χ3n) is 3.19. The molecule has 0 unspecified atom stereocenters. The predicted molar refractivity (Wildman–Crippen MR) is 81.0 cm³/mol. The molecule has 110 valence electrons. The van der Waals surface area contributed by atoms with E-state index in [2.05, 4.69) is 15.9 Å². The van der Waals surface area contributed by atoms with E-state index in [1.54, 1.807) is 7.05 Å². The van der Waals surface area contributed by atoms with Gasteiger partial charge in [-0.25, -0.2) is 8.78 Å². The molecule has 0 aromatic heterocycles. The summed E-state index contributed by atoms with van der Waals surface area (Å²) in [6.07, 6.45) is 0. The van der Waals surface area contributed by atoms with Crippen LogP contribution >= 0.6 is 15.9 Å². The van der Waals surface area contributed by atoms with Crippen LogP contribution in [0.1, 0.15) is 21.5 Å². The normalized spacial score (nSPS) is 10.5. The zero-order chi connectivity index (χ0) is 15.6. The van der Waals surface area contributed by atoms with Crippen molar-refractivity contribution in [3.8, 4) is 0 Å². The Balaban J connectivity index is 2.24. The summed E-state index contributed by atoms with van der Waals surface area (Å²) < 4.78 is 27.9. The molecule has 2 aromatic rings. The molecule has 21 heavy (non-hydrogen) atoms. The van der Waals surface area contributed by atoms with E-state index >= 15 is 0 Å². The molecule has 0 radical (unpaired) electrons. The van der Waals surface area contributed by atoms with Gasteiger partial charge >= 0.3 is 0 Å². The summed E-state index contributed by atoms with van der Waals surface area (Å²) in [4.78, 5) is 13.7. The molecule has 0 aliphatic heterocycles. The third-order valence-corrected chi connectivity index (χ3v) is 3.96. The van der Waals surface area contributed by atoms with Crippen molar-refractivity contribution in [3.05, 3.63) is 69.2 Å². The van der Waals surface area contributed by atoms with Crippen molar-refractivity contribution >= 4 is 21.8 Å². The molecule has 5 heteroatoms. The van der Waals surface area contributed by atoms with Crippen LogP contribution in [-0.4, -0.2) is 17.9 Å². The lowest BCUT2D eigenvalue weighted by Gasteiger charge is -2.19. The predicted octanol–water partition coefficient (Wildman–Crippen LogP) is 4.31. The van der Waals surface area contributed by atoms with Gasteiger partial charge in [-0.05, 0) is 30.2 Å². The maximum Gasteiger partial charge on any atom is 0.256 e. The number of halogens is 3. The molecule has 0 aliphatic carbocycles. The van der Waals surface area contributed by atoms with E-state index < -0.39 is 17.5 Å². The molecule has 0 aliphatic rings. The molecule has 0 fully saturated rings. The highest BCUT2D eigenvalue weighted by molar-refractivity contribution is 9.10. The summed E-state index contributed by atoms with van der Waals surface area (Å²) in [5.74, 6) is -1.98. The van der Waals surface area contributed by atoms with Gasteiger partial charge in [-0.2, -0.15) is 0 Å². The zero-order valence-electron chi connectivity index (χ0n) is 11.7. The van der Waals surface area contributed by atoms with Crippen LogP contribution in [0, 0.1) is 18.6 Å². The van der Waals surface area contributed by atoms with E-state index in [9.17, 15) is 13.6 Å². The van der Waals surface area contributed by atoms with Crippen molar-refractivity contribution in [2.45, 2.75) is 13.5 Å². The van der Waals surface area contributed by atoms with Crippen LogP contribution in [0.3, 0.4) is 0 Å². The second-order valence-electron chi connectivity index (χ2n) is 4.83. The van der Waals surface area contributed by atoms with Gasteiger partial charge in [0.2, 0.25) is 0 Å². The van der Waals surface area contributed by atoms with Crippen LogP contribution in [0.25, 0.3) is 0 Å². The van der Waals surface area contributed by atoms with Gasteiger partial charge in [0.15, 0.2) is 0 Å². The van der Waals surface area contributed by atoms with Crippen LogP contribution in [0.15, 0.2) is 40.9 Å². The van der Waals surface area contributed by atoms with Crippen molar-refractivity contribution in [1.82, 2.24) is 4.90 Å². The fraction of sp³-hybridized carbons (Fsp3) is 0.188. The lowest BCUT2D eigenvalue weighted by atomic mass is 10.1. The largest absolute Gasteiger partial charge is 0.337 e. The molecule has 2 rings (SSSR count). The van der Waals surface area contributed by atoms with Gasteiger partial charge in [0, 0.05) is 24.1 Å². The number of carbonyl (C=O) groups is 1. The Kier molecular flexibility index (Phi) is 4.73. The molecule has 0 spiro atoms. The summed E-state index contributed by atoms with van der Waals surface area (Å²) in [6, 6.07) is 9.47. The van der Waals surface area contributed by atoms with Crippen LogP contribution in [0.5, 0.6) is 0 Å². The van der Waals surface area contributed by atoms with Crippen molar-refractivity contribution in [3.63, 3.8) is 0 Å². The number of benzene rings is 2. The first-order valence-corrected chi connectivity index (χ1v) is 7.14.